The maximum Gasteiger partial charge on any atom is 0.245 e. The first-order valence-corrected chi connectivity index (χ1v) is 8.37. The van der Waals surface area contributed by atoms with Gasteiger partial charge in [0.15, 0.2) is 0 Å². The summed E-state index contributed by atoms with van der Waals surface area (Å²) in [5.41, 5.74) is 2.90. The van der Waals surface area contributed by atoms with Crippen LogP contribution in [-0.4, -0.2) is 49.8 Å². The SMILES string of the molecule is NNc1ccccc1S(=O)(=O)N1CCN(C2CC2)CC1. The lowest BCUT2D eigenvalue weighted by Crippen LogP contribution is -2.49. The zero-order chi connectivity index (χ0) is 14.2. The van der Waals surface area contributed by atoms with Crippen LogP contribution in [-0.2, 0) is 10.0 Å². The number of hydrogen-bond donors (Lipinski definition) is 2. The fourth-order valence-corrected chi connectivity index (χ4v) is 4.28. The van der Waals surface area contributed by atoms with E-state index in [1.165, 1.54) is 12.8 Å². The Hall–Kier alpha value is -1.15. The second-order valence-electron chi connectivity index (χ2n) is 5.31. The molecule has 1 heterocycles. The predicted octanol–water partition coefficient (Wildman–Crippen LogP) is 0.441. The molecule has 0 bridgehead atoms. The number of para-hydroxylation sites is 1. The van der Waals surface area contributed by atoms with Gasteiger partial charge in [-0.2, -0.15) is 4.31 Å². The number of anilines is 1. The highest BCUT2D eigenvalue weighted by atomic mass is 32.2. The number of hydrogen-bond acceptors (Lipinski definition) is 5. The lowest BCUT2D eigenvalue weighted by Gasteiger charge is -2.34. The quantitative estimate of drug-likeness (QED) is 0.623. The topological polar surface area (TPSA) is 78.7 Å². The van der Waals surface area contributed by atoms with Gasteiger partial charge in [0.1, 0.15) is 4.90 Å². The van der Waals surface area contributed by atoms with Crippen LogP contribution >= 0.6 is 0 Å². The van der Waals surface area contributed by atoms with Crippen LogP contribution in [0.1, 0.15) is 12.8 Å². The summed E-state index contributed by atoms with van der Waals surface area (Å²) in [5.74, 6) is 5.41. The number of nitrogens with zero attached hydrogens (tertiary/aromatic N) is 2. The Kier molecular flexibility index (Phi) is 3.68. The average Bonchev–Trinajstić information content (AvgIpc) is 3.32. The van der Waals surface area contributed by atoms with Crippen molar-refractivity contribution in [1.82, 2.24) is 9.21 Å². The number of nitrogens with two attached hydrogens (primary N) is 1. The van der Waals surface area contributed by atoms with E-state index in [1.807, 2.05) is 0 Å². The highest BCUT2D eigenvalue weighted by molar-refractivity contribution is 7.89. The molecule has 3 rings (SSSR count). The molecule has 1 saturated heterocycles. The van der Waals surface area contributed by atoms with E-state index in [-0.39, 0.29) is 4.90 Å². The zero-order valence-electron chi connectivity index (χ0n) is 11.3. The van der Waals surface area contributed by atoms with E-state index < -0.39 is 10.0 Å². The summed E-state index contributed by atoms with van der Waals surface area (Å²) in [6.45, 7) is 2.75. The highest BCUT2D eigenvalue weighted by Gasteiger charge is 2.35. The molecule has 2 fully saturated rings. The maximum atomic E-state index is 12.7. The molecule has 3 N–H and O–H groups in total. The number of benzene rings is 1. The molecule has 1 aliphatic carbocycles. The molecule has 0 unspecified atom stereocenters. The van der Waals surface area contributed by atoms with Crippen LogP contribution in [0.5, 0.6) is 0 Å². The Morgan fingerprint density at radius 2 is 1.75 bits per heavy atom. The lowest BCUT2D eigenvalue weighted by atomic mass is 10.3. The van der Waals surface area contributed by atoms with E-state index in [4.69, 9.17) is 5.84 Å². The smallest absolute Gasteiger partial charge is 0.245 e. The summed E-state index contributed by atoms with van der Waals surface area (Å²) < 4.78 is 26.9. The number of nitrogen functional groups attached to an aromatic ring is 1. The van der Waals surface area contributed by atoms with E-state index in [0.717, 1.165) is 13.1 Å². The molecule has 0 radical (unpaired) electrons. The van der Waals surface area contributed by atoms with Gasteiger partial charge in [-0.05, 0) is 25.0 Å². The summed E-state index contributed by atoms with van der Waals surface area (Å²) in [4.78, 5) is 2.64. The number of piperazine rings is 1. The fraction of sp³-hybridized carbons (Fsp3) is 0.538. The molecule has 0 aromatic heterocycles. The minimum Gasteiger partial charge on any atom is -0.323 e. The molecule has 20 heavy (non-hydrogen) atoms. The summed E-state index contributed by atoms with van der Waals surface area (Å²) in [7, 11) is -3.47. The van der Waals surface area contributed by atoms with Crippen molar-refractivity contribution in [2.24, 2.45) is 5.84 Å². The van der Waals surface area contributed by atoms with E-state index in [1.54, 1.807) is 28.6 Å². The predicted molar refractivity (Wildman–Crippen MR) is 77.6 cm³/mol. The Labute approximate surface area is 119 Å². The van der Waals surface area contributed by atoms with Crippen LogP contribution in [0.2, 0.25) is 0 Å². The van der Waals surface area contributed by atoms with Gasteiger partial charge >= 0.3 is 0 Å². The molecule has 7 heteroatoms. The molecule has 0 amide bonds. The molecule has 1 aromatic rings. The van der Waals surface area contributed by atoms with Gasteiger partial charge in [0, 0.05) is 32.2 Å². The summed E-state index contributed by atoms with van der Waals surface area (Å²) in [6.07, 6.45) is 2.51. The van der Waals surface area contributed by atoms with Gasteiger partial charge in [0.2, 0.25) is 10.0 Å². The normalized spacial score (nSPS) is 21.9. The standard InChI is InChI=1S/C13H20N4O2S/c14-15-12-3-1-2-4-13(12)20(18,19)17-9-7-16(8-10-17)11-5-6-11/h1-4,11,15H,5-10,14H2. The van der Waals surface area contributed by atoms with E-state index in [9.17, 15) is 8.42 Å². The Bertz CT molecular complexity index is 578. The van der Waals surface area contributed by atoms with Gasteiger partial charge in [-0.15, -0.1) is 0 Å². The monoisotopic (exact) mass is 296 g/mol. The van der Waals surface area contributed by atoms with Crippen molar-refractivity contribution in [1.29, 1.82) is 0 Å². The second kappa shape index (κ2) is 5.33. The van der Waals surface area contributed by atoms with Crippen molar-refractivity contribution < 1.29 is 8.42 Å². The van der Waals surface area contributed by atoms with Crippen LogP contribution in [0.15, 0.2) is 29.2 Å². The second-order valence-corrected chi connectivity index (χ2v) is 7.22. The minimum atomic E-state index is -3.47. The first kappa shape index (κ1) is 13.8. The largest absolute Gasteiger partial charge is 0.323 e. The van der Waals surface area contributed by atoms with Gasteiger partial charge in [0.25, 0.3) is 0 Å². The molecule has 110 valence electrons. The minimum absolute atomic E-state index is 0.252. The molecule has 6 nitrogen and oxygen atoms in total. The van der Waals surface area contributed by atoms with Crippen LogP contribution in [0.25, 0.3) is 0 Å². The fourth-order valence-electron chi connectivity index (χ4n) is 2.70. The number of hydrazine groups is 1. The van der Waals surface area contributed by atoms with Gasteiger partial charge in [-0.1, -0.05) is 12.1 Å². The lowest BCUT2D eigenvalue weighted by molar-refractivity contribution is 0.180. The molecule has 1 aliphatic heterocycles. The summed E-state index contributed by atoms with van der Waals surface area (Å²) in [5, 5.41) is 0. The molecule has 2 aliphatic rings. The summed E-state index contributed by atoms with van der Waals surface area (Å²) >= 11 is 0. The first-order valence-electron chi connectivity index (χ1n) is 6.93. The maximum absolute atomic E-state index is 12.7. The number of nitrogens with one attached hydrogen (secondary N) is 1. The Balaban J connectivity index is 1.78. The molecule has 1 saturated carbocycles. The molecule has 1 aromatic carbocycles. The molecule has 0 atom stereocenters. The third-order valence-electron chi connectivity index (χ3n) is 4.00. The molecule has 0 spiro atoms. The molecular formula is C13H20N4O2S. The zero-order valence-corrected chi connectivity index (χ0v) is 12.1. The first-order chi connectivity index (χ1) is 9.63. The van der Waals surface area contributed by atoms with Gasteiger partial charge in [-0.3, -0.25) is 10.7 Å². The van der Waals surface area contributed by atoms with Gasteiger partial charge < -0.3 is 5.43 Å². The Morgan fingerprint density at radius 1 is 1.10 bits per heavy atom. The van der Waals surface area contributed by atoms with E-state index in [0.29, 0.717) is 24.8 Å². The number of rotatable bonds is 4. The third-order valence-corrected chi connectivity index (χ3v) is 5.95. The average molecular weight is 296 g/mol. The van der Waals surface area contributed by atoms with E-state index in [2.05, 4.69) is 10.3 Å². The van der Waals surface area contributed by atoms with Crippen LogP contribution in [0, 0.1) is 0 Å². The number of sulfonamides is 1. The van der Waals surface area contributed by atoms with Crippen LogP contribution in [0.4, 0.5) is 5.69 Å². The van der Waals surface area contributed by atoms with Crippen molar-refractivity contribution >= 4 is 15.7 Å². The van der Waals surface area contributed by atoms with Crippen molar-refractivity contribution in [2.75, 3.05) is 31.6 Å². The van der Waals surface area contributed by atoms with Crippen molar-refractivity contribution in [2.45, 2.75) is 23.8 Å². The third kappa shape index (κ3) is 2.54. The van der Waals surface area contributed by atoms with E-state index >= 15 is 0 Å². The Morgan fingerprint density at radius 3 is 2.35 bits per heavy atom. The van der Waals surface area contributed by atoms with Crippen molar-refractivity contribution in [3.8, 4) is 0 Å². The highest BCUT2D eigenvalue weighted by Crippen LogP contribution is 2.29. The van der Waals surface area contributed by atoms with Crippen LogP contribution < -0.4 is 11.3 Å². The van der Waals surface area contributed by atoms with Crippen molar-refractivity contribution in [3.63, 3.8) is 0 Å². The van der Waals surface area contributed by atoms with Gasteiger partial charge in [-0.25, -0.2) is 8.42 Å². The van der Waals surface area contributed by atoms with Gasteiger partial charge in [0.05, 0.1) is 5.69 Å². The molecular weight excluding hydrogens is 276 g/mol. The van der Waals surface area contributed by atoms with Crippen LogP contribution in [0.3, 0.4) is 0 Å². The van der Waals surface area contributed by atoms with Crippen molar-refractivity contribution in [3.05, 3.63) is 24.3 Å². The summed E-state index contributed by atoms with van der Waals surface area (Å²) in [6, 6.07) is 7.44.